The highest BCUT2D eigenvalue weighted by Gasteiger charge is 2.17. The zero-order valence-electron chi connectivity index (χ0n) is 16.4. The van der Waals surface area contributed by atoms with Crippen molar-refractivity contribution in [2.45, 2.75) is 38.3 Å². The number of pyridine rings is 1. The first kappa shape index (κ1) is 19.2. The van der Waals surface area contributed by atoms with Gasteiger partial charge in [0.1, 0.15) is 12.4 Å². The van der Waals surface area contributed by atoms with E-state index >= 15 is 0 Å². The van der Waals surface area contributed by atoms with Crippen molar-refractivity contribution in [3.8, 4) is 5.88 Å². The number of rotatable bonds is 6. The van der Waals surface area contributed by atoms with Crippen molar-refractivity contribution >= 4 is 22.8 Å². The second-order valence-corrected chi connectivity index (χ2v) is 7.17. The Kier molecular flexibility index (Phi) is 5.90. The Morgan fingerprint density at radius 3 is 3.00 bits per heavy atom. The average Bonchev–Trinajstić information content (AvgIpc) is 3.15. The highest BCUT2D eigenvalue weighted by molar-refractivity contribution is 5.92. The van der Waals surface area contributed by atoms with E-state index in [4.69, 9.17) is 9.47 Å². The van der Waals surface area contributed by atoms with E-state index in [-0.39, 0.29) is 18.2 Å². The summed E-state index contributed by atoms with van der Waals surface area (Å²) in [4.78, 5) is 16.6. The van der Waals surface area contributed by atoms with Crippen molar-refractivity contribution in [1.29, 1.82) is 0 Å². The van der Waals surface area contributed by atoms with Crippen LogP contribution in [-0.4, -0.2) is 40.5 Å². The van der Waals surface area contributed by atoms with Crippen LogP contribution < -0.4 is 15.4 Å². The lowest BCUT2D eigenvalue weighted by Gasteiger charge is -2.21. The van der Waals surface area contributed by atoms with Gasteiger partial charge in [-0.1, -0.05) is 30.3 Å². The molecular weight excluding hydrogens is 370 g/mol. The fourth-order valence-electron chi connectivity index (χ4n) is 3.35. The van der Waals surface area contributed by atoms with Crippen LogP contribution in [0.15, 0.2) is 42.6 Å². The van der Waals surface area contributed by atoms with Gasteiger partial charge in [0.2, 0.25) is 5.88 Å². The number of hydrogen-bond acceptors (Lipinski definition) is 5. The molecule has 2 amide bonds. The van der Waals surface area contributed by atoms with Crippen LogP contribution in [0.3, 0.4) is 0 Å². The van der Waals surface area contributed by atoms with Gasteiger partial charge in [-0.15, -0.1) is 5.10 Å². The molecular formula is C21H25N5O3. The highest BCUT2D eigenvalue weighted by atomic mass is 16.5. The molecule has 3 aromatic rings. The smallest absolute Gasteiger partial charge is 0.320 e. The molecule has 2 unspecified atom stereocenters. The molecule has 1 aliphatic heterocycles. The fourth-order valence-corrected chi connectivity index (χ4v) is 3.35. The molecule has 0 spiro atoms. The van der Waals surface area contributed by atoms with Crippen LogP contribution in [0.1, 0.15) is 37.8 Å². The van der Waals surface area contributed by atoms with Crippen molar-refractivity contribution < 1.29 is 14.3 Å². The molecule has 0 radical (unpaired) electrons. The Morgan fingerprint density at radius 1 is 1.34 bits per heavy atom. The van der Waals surface area contributed by atoms with Gasteiger partial charge in [0.15, 0.2) is 0 Å². The number of aromatic amines is 1. The van der Waals surface area contributed by atoms with Crippen molar-refractivity contribution in [3.63, 3.8) is 0 Å². The minimum Gasteiger partial charge on any atom is -0.473 e. The number of carbonyl (C=O) groups excluding carboxylic acids is 1. The molecule has 0 bridgehead atoms. The molecule has 3 N–H and O–H groups in total. The molecule has 1 saturated heterocycles. The fraction of sp³-hybridized carbons (Fsp3) is 0.381. The summed E-state index contributed by atoms with van der Waals surface area (Å²) in [5.74, 6) is 0.927. The number of hydrogen-bond donors (Lipinski definition) is 3. The molecule has 2 atom stereocenters. The Labute approximate surface area is 169 Å². The highest BCUT2D eigenvalue weighted by Crippen LogP contribution is 2.24. The second-order valence-electron chi connectivity index (χ2n) is 7.17. The van der Waals surface area contributed by atoms with Crippen molar-refractivity contribution in [1.82, 2.24) is 20.5 Å². The van der Waals surface area contributed by atoms with Crippen LogP contribution in [0, 0.1) is 0 Å². The summed E-state index contributed by atoms with van der Waals surface area (Å²) in [6.45, 7) is 3.19. The molecule has 4 rings (SSSR count). The molecule has 0 saturated carbocycles. The van der Waals surface area contributed by atoms with Crippen molar-refractivity contribution in [2.24, 2.45) is 0 Å². The Hall–Kier alpha value is -3.13. The number of carbonyl (C=O) groups is 1. The number of nitrogens with zero attached hydrogens (tertiary/aromatic N) is 2. The molecule has 1 fully saturated rings. The van der Waals surface area contributed by atoms with Crippen LogP contribution in [-0.2, 0) is 4.74 Å². The summed E-state index contributed by atoms with van der Waals surface area (Å²) in [6.07, 6.45) is 5.03. The molecule has 8 nitrogen and oxygen atoms in total. The number of benzene rings is 1. The Bertz CT molecular complexity index is 953. The van der Waals surface area contributed by atoms with Gasteiger partial charge in [-0.05, 0) is 31.7 Å². The predicted octanol–water partition coefficient (Wildman–Crippen LogP) is 3.79. The number of fused-ring (bicyclic) bond motifs is 1. The number of H-pyrrole nitrogens is 1. The summed E-state index contributed by atoms with van der Waals surface area (Å²) in [5, 5.41) is 13.6. The molecule has 29 heavy (non-hydrogen) atoms. The second kappa shape index (κ2) is 8.91. The van der Waals surface area contributed by atoms with Crippen molar-refractivity contribution in [3.05, 3.63) is 48.2 Å². The van der Waals surface area contributed by atoms with Gasteiger partial charge in [0.25, 0.3) is 0 Å². The summed E-state index contributed by atoms with van der Waals surface area (Å²) >= 11 is 0. The van der Waals surface area contributed by atoms with Crippen LogP contribution in [0.25, 0.3) is 10.9 Å². The third kappa shape index (κ3) is 4.83. The maximum Gasteiger partial charge on any atom is 0.320 e. The number of anilines is 1. The number of nitrogens with one attached hydrogen (secondary N) is 3. The van der Waals surface area contributed by atoms with Crippen LogP contribution in [0.5, 0.6) is 5.88 Å². The molecule has 1 aromatic carbocycles. The SMILES string of the molecule is CC(NC(=O)Nc1cc2[nH]nc(OCC3CCCCO3)c2cn1)c1ccccc1. The Balaban J connectivity index is 1.35. The summed E-state index contributed by atoms with van der Waals surface area (Å²) in [7, 11) is 0. The normalized spacial score (nSPS) is 17.6. The van der Waals surface area contributed by atoms with E-state index in [0.717, 1.165) is 42.3 Å². The third-order valence-electron chi connectivity index (χ3n) is 4.98. The van der Waals surface area contributed by atoms with Gasteiger partial charge in [-0.25, -0.2) is 9.78 Å². The van der Waals surface area contributed by atoms with Gasteiger partial charge >= 0.3 is 6.03 Å². The first-order chi connectivity index (χ1) is 14.2. The zero-order chi connectivity index (χ0) is 20.1. The van der Waals surface area contributed by atoms with E-state index in [1.165, 1.54) is 0 Å². The van der Waals surface area contributed by atoms with E-state index < -0.39 is 0 Å². The first-order valence-corrected chi connectivity index (χ1v) is 9.90. The van der Waals surface area contributed by atoms with Crippen LogP contribution in [0.4, 0.5) is 10.6 Å². The lowest BCUT2D eigenvalue weighted by molar-refractivity contribution is -0.0116. The molecule has 2 aromatic heterocycles. The monoisotopic (exact) mass is 395 g/mol. The van der Waals surface area contributed by atoms with E-state index in [2.05, 4.69) is 25.8 Å². The molecule has 3 heterocycles. The van der Waals surface area contributed by atoms with Gasteiger partial charge in [-0.3, -0.25) is 10.4 Å². The maximum atomic E-state index is 12.3. The van der Waals surface area contributed by atoms with Crippen LogP contribution >= 0.6 is 0 Å². The van der Waals surface area contributed by atoms with Gasteiger partial charge < -0.3 is 14.8 Å². The first-order valence-electron chi connectivity index (χ1n) is 9.90. The number of urea groups is 1. The summed E-state index contributed by atoms with van der Waals surface area (Å²) in [6, 6.07) is 11.1. The molecule has 1 aliphatic rings. The minimum absolute atomic E-state index is 0.111. The largest absolute Gasteiger partial charge is 0.473 e. The predicted molar refractivity (Wildman–Crippen MR) is 110 cm³/mol. The number of aromatic nitrogens is 3. The maximum absolute atomic E-state index is 12.3. The van der Waals surface area contributed by atoms with Gasteiger partial charge in [0.05, 0.1) is 23.0 Å². The molecule has 0 aliphatic carbocycles. The lowest BCUT2D eigenvalue weighted by atomic mass is 10.1. The molecule has 152 valence electrons. The van der Waals surface area contributed by atoms with Gasteiger partial charge in [0, 0.05) is 18.9 Å². The lowest BCUT2D eigenvalue weighted by Crippen LogP contribution is -2.31. The van der Waals surface area contributed by atoms with Crippen LogP contribution in [0.2, 0.25) is 0 Å². The van der Waals surface area contributed by atoms with Crippen molar-refractivity contribution in [2.75, 3.05) is 18.5 Å². The minimum atomic E-state index is -0.321. The summed E-state index contributed by atoms with van der Waals surface area (Å²) < 4.78 is 11.5. The quantitative estimate of drug-likeness (QED) is 0.589. The topological polar surface area (TPSA) is 101 Å². The van der Waals surface area contributed by atoms with E-state index in [1.54, 1.807) is 12.3 Å². The Morgan fingerprint density at radius 2 is 2.21 bits per heavy atom. The average molecular weight is 395 g/mol. The standard InChI is InChI=1S/C21H25N5O3/c1-14(15-7-3-2-4-8-15)23-21(27)24-19-11-18-17(12-22-19)20(26-25-18)29-13-16-9-5-6-10-28-16/h2-4,7-8,11-12,14,16H,5-6,9-10,13H2,1H3,(H,25,26)(H2,22,23,24,27). The van der Waals surface area contributed by atoms with E-state index in [9.17, 15) is 4.79 Å². The summed E-state index contributed by atoms with van der Waals surface area (Å²) in [5.41, 5.74) is 1.77. The van der Waals surface area contributed by atoms with Gasteiger partial charge in [-0.2, -0.15) is 0 Å². The third-order valence-corrected chi connectivity index (χ3v) is 4.98. The number of amides is 2. The molecule has 8 heteroatoms. The van der Waals surface area contributed by atoms with E-state index in [0.29, 0.717) is 18.3 Å². The number of ether oxygens (including phenoxy) is 2. The zero-order valence-corrected chi connectivity index (χ0v) is 16.4. The van der Waals surface area contributed by atoms with E-state index in [1.807, 2.05) is 37.3 Å².